The zero-order valence-electron chi connectivity index (χ0n) is 15.4. The maximum atomic E-state index is 13.2. The van der Waals surface area contributed by atoms with Gasteiger partial charge >= 0.3 is 0 Å². The lowest BCUT2D eigenvalue weighted by molar-refractivity contribution is 0.295. The quantitative estimate of drug-likeness (QED) is 0.764. The Morgan fingerprint density at radius 2 is 1.92 bits per heavy atom. The topological polar surface area (TPSA) is 81.9 Å². The summed E-state index contributed by atoms with van der Waals surface area (Å²) in [6.07, 6.45) is 1.48. The molecule has 0 saturated carbocycles. The summed E-state index contributed by atoms with van der Waals surface area (Å²) >= 11 is 0. The summed E-state index contributed by atoms with van der Waals surface area (Å²) in [6.45, 7) is 4.49. The maximum absolute atomic E-state index is 13.2. The molecule has 1 fully saturated rings. The Balaban J connectivity index is 1.95. The summed E-state index contributed by atoms with van der Waals surface area (Å²) in [6, 6.07) is 6.14. The van der Waals surface area contributed by atoms with Gasteiger partial charge in [0, 0.05) is 18.7 Å². The second-order valence-electron chi connectivity index (χ2n) is 6.60. The molecule has 8 heteroatoms. The van der Waals surface area contributed by atoms with E-state index in [0.29, 0.717) is 30.2 Å². The van der Waals surface area contributed by atoms with Gasteiger partial charge < -0.3 is 14.0 Å². The van der Waals surface area contributed by atoms with Gasteiger partial charge in [-0.2, -0.15) is 4.31 Å². The third kappa shape index (κ3) is 3.31. The van der Waals surface area contributed by atoms with Crippen LogP contribution in [-0.4, -0.2) is 38.6 Å². The van der Waals surface area contributed by atoms with Crippen LogP contribution in [0.25, 0.3) is 0 Å². The Hall–Kier alpha value is -2.06. The molecule has 0 spiro atoms. The van der Waals surface area contributed by atoms with Gasteiger partial charge in [-0.3, -0.25) is 0 Å². The largest absolute Gasteiger partial charge is 0.493 e. The van der Waals surface area contributed by atoms with Gasteiger partial charge in [0.25, 0.3) is 0 Å². The molecular weight excluding hydrogens is 356 g/mol. The molecule has 1 aliphatic heterocycles. The highest BCUT2D eigenvalue weighted by Crippen LogP contribution is 2.39. The molecule has 2 aromatic rings. The van der Waals surface area contributed by atoms with E-state index in [1.54, 1.807) is 6.07 Å². The highest BCUT2D eigenvalue weighted by atomic mass is 32.2. The first-order valence-corrected chi connectivity index (χ1v) is 10.0. The monoisotopic (exact) mass is 380 g/mol. The van der Waals surface area contributed by atoms with Crippen molar-refractivity contribution >= 4 is 10.0 Å². The van der Waals surface area contributed by atoms with Crippen molar-refractivity contribution in [1.29, 1.82) is 0 Å². The third-order valence-corrected chi connectivity index (χ3v) is 6.54. The van der Waals surface area contributed by atoms with Gasteiger partial charge in [0.05, 0.1) is 30.9 Å². The fraction of sp³-hybridized carbons (Fsp3) is 0.500. The number of hydrogen-bond donors (Lipinski definition) is 0. The molecule has 1 aliphatic rings. The van der Waals surface area contributed by atoms with Crippen molar-refractivity contribution in [2.24, 2.45) is 0 Å². The zero-order chi connectivity index (χ0) is 18.9. The molecule has 0 aliphatic carbocycles. The lowest BCUT2D eigenvalue weighted by Gasteiger charge is -2.22. The molecular formula is C18H24N2O5S. The SMILES string of the molecule is COc1ccc(S(=O)(=O)N2CCC[C@H]2c2cc(C(C)C)no2)cc1OC. The van der Waals surface area contributed by atoms with Crippen molar-refractivity contribution in [2.75, 3.05) is 20.8 Å². The van der Waals surface area contributed by atoms with E-state index < -0.39 is 10.0 Å². The van der Waals surface area contributed by atoms with Gasteiger partial charge in [-0.05, 0) is 30.9 Å². The number of rotatable bonds is 6. The molecule has 0 bridgehead atoms. The van der Waals surface area contributed by atoms with Crippen LogP contribution < -0.4 is 9.47 Å². The van der Waals surface area contributed by atoms with Crippen molar-refractivity contribution in [1.82, 2.24) is 9.46 Å². The molecule has 7 nitrogen and oxygen atoms in total. The Kier molecular flexibility index (Phi) is 5.24. The first kappa shape index (κ1) is 18.7. The Morgan fingerprint density at radius 1 is 1.19 bits per heavy atom. The van der Waals surface area contributed by atoms with E-state index in [2.05, 4.69) is 5.16 Å². The van der Waals surface area contributed by atoms with Gasteiger partial charge in [-0.15, -0.1) is 0 Å². The number of nitrogens with zero attached hydrogens (tertiary/aromatic N) is 2. The number of aromatic nitrogens is 1. The predicted molar refractivity (Wildman–Crippen MR) is 96.0 cm³/mol. The summed E-state index contributed by atoms with van der Waals surface area (Å²) < 4.78 is 43.8. The van der Waals surface area contributed by atoms with Crippen LogP contribution in [0.3, 0.4) is 0 Å². The van der Waals surface area contributed by atoms with Crippen LogP contribution in [0.4, 0.5) is 0 Å². The Labute approximate surface area is 153 Å². The molecule has 0 N–H and O–H groups in total. The lowest BCUT2D eigenvalue weighted by atomic mass is 10.1. The number of sulfonamides is 1. The lowest BCUT2D eigenvalue weighted by Crippen LogP contribution is -2.30. The van der Waals surface area contributed by atoms with E-state index in [1.165, 1.54) is 30.7 Å². The van der Waals surface area contributed by atoms with Crippen molar-refractivity contribution in [3.8, 4) is 11.5 Å². The Morgan fingerprint density at radius 3 is 2.54 bits per heavy atom. The molecule has 1 atom stereocenters. The second-order valence-corrected chi connectivity index (χ2v) is 8.49. The van der Waals surface area contributed by atoms with E-state index in [0.717, 1.165) is 12.1 Å². The summed E-state index contributed by atoms with van der Waals surface area (Å²) in [5.74, 6) is 1.69. The highest BCUT2D eigenvalue weighted by molar-refractivity contribution is 7.89. The first-order valence-electron chi connectivity index (χ1n) is 8.59. The van der Waals surface area contributed by atoms with Crippen molar-refractivity contribution in [2.45, 2.75) is 43.5 Å². The third-order valence-electron chi connectivity index (χ3n) is 4.63. The van der Waals surface area contributed by atoms with Gasteiger partial charge in [0.1, 0.15) is 0 Å². The molecule has 3 rings (SSSR count). The fourth-order valence-corrected chi connectivity index (χ4v) is 4.84. The molecule has 0 amide bonds. The first-order chi connectivity index (χ1) is 12.4. The van der Waals surface area contributed by atoms with E-state index >= 15 is 0 Å². The smallest absolute Gasteiger partial charge is 0.243 e. The molecule has 1 aromatic heterocycles. The molecule has 1 aromatic carbocycles. The molecule has 26 heavy (non-hydrogen) atoms. The van der Waals surface area contributed by atoms with E-state index in [1.807, 2.05) is 19.9 Å². The average Bonchev–Trinajstić information content (AvgIpc) is 3.30. The van der Waals surface area contributed by atoms with Crippen LogP contribution in [0.15, 0.2) is 33.7 Å². The van der Waals surface area contributed by atoms with Gasteiger partial charge in [0.2, 0.25) is 10.0 Å². The minimum Gasteiger partial charge on any atom is -0.493 e. The summed E-state index contributed by atoms with van der Waals surface area (Å²) in [7, 11) is -0.701. The van der Waals surface area contributed by atoms with Crippen LogP contribution in [0, 0.1) is 0 Å². The van der Waals surface area contributed by atoms with Crippen molar-refractivity contribution in [3.63, 3.8) is 0 Å². The van der Waals surface area contributed by atoms with Gasteiger partial charge in [0.15, 0.2) is 17.3 Å². The fourth-order valence-electron chi connectivity index (χ4n) is 3.16. The van der Waals surface area contributed by atoms with Crippen LogP contribution in [-0.2, 0) is 10.0 Å². The standard InChI is InChI=1S/C18H24N2O5S/c1-12(2)14-11-17(25-19-14)15-6-5-9-20(15)26(21,22)13-7-8-16(23-3)18(10-13)24-4/h7-8,10-12,15H,5-6,9H2,1-4H3/t15-/m0/s1. The maximum Gasteiger partial charge on any atom is 0.243 e. The van der Waals surface area contributed by atoms with E-state index in [-0.39, 0.29) is 16.9 Å². The highest BCUT2D eigenvalue weighted by Gasteiger charge is 2.38. The minimum atomic E-state index is -3.69. The minimum absolute atomic E-state index is 0.172. The molecule has 0 radical (unpaired) electrons. The summed E-state index contributed by atoms with van der Waals surface area (Å²) in [5, 5.41) is 4.07. The average molecular weight is 380 g/mol. The number of hydrogen-bond acceptors (Lipinski definition) is 6. The van der Waals surface area contributed by atoms with Crippen molar-refractivity contribution < 1.29 is 22.4 Å². The summed E-state index contributed by atoms with van der Waals surface area (Å²) in [5.41, 5.74) is 0.829. The Bertz CT molecular complexity index is 875. The van der Waals surface area contributed by atoms with Crippen LogP contribution in [0.2, 0.25) is 0 Å². The van der Waals surface area contributed by atoms with Gasteiger partial charge in [-0.1, -0.05) is 19.0 Å². The number of benzene rings is 1. The predicted octanol–water partition coefficient (Wildman–Crippen LogP) is 3.34. The normalized spacial score (nSPS) is 18.4. The number of ether oxygens (including phenoxy) is 2. The zero-order valence-corrected chi connectivity index (χ0v) is 16.2. The second kappa shape index (κ2) is 7.28. The van der Waals surface area contributed by atoms with Crippen LogP contribution in [0.1, 0.15) is 50.1 Å². The van der Waals surface area contributed by atoms with Crippen LogP contribution >= 0.6 is 0 Å². The van der Waals surface area contributed by atoms with E-state index in [9.17, 15) is 8.42 Å². The van der Waals surface area contributed by atoms with E-state index in [4.69, 9.17) is 14.0 Å². The molecule has 1 saturated heterocycles. The molecule has 2 heterocycles. The molecule has 0 unspecified atom stereocenters. The van der Waals surface area contributed by atoms with Crippen molar-refractivity contribution in [3.05, 3.63) is 35.7 Å². The van der Waals surface area contributed by atoms with Crippen LogP contribution in [0.5, 0.6) is 11.5 Å². The molecule has 142 valence electrons. The van der Waals surface area contributed by atoms with Gasteiger partial charge in [-0.25, -0.2) is 8.42 Å². The summed E-state index contributed by atoms with van der Waals surface area (Å²) in [4.78, 5) is 0.172. The number of methoxy groups -OCH3 is 2.